The molecule has 2 N–H and O–H groups in total. The number of nitrogens with zero attached hydrogens (tertiary/aromatic N) is 1. The van der Waals surface area contributed by atoms with Crippen molar-refractivity contribution in [3.05, 3.63) is 59.2 Å². The SMILES string of the molecule is CC#N.COc1ccccc1CCNCCCCC(=O)c1ccc2c(c1)CCN2. The molecule has 3 rings (SSSR count). The second kappa shape index (κ2) is 12.6. The summed E-state index contributed by atoms with van der Waals surface area (Å²) < 4.78 is 5.37. The normalized spacial score (nSPS) is 11.5. The van der Waals surface area contributed by atoms with Gasteiger partial charge in [-0.3, -0.25) is 4.79 Å². The largest absolute Gasteiger partial charge is 0.496 e. The number of fused-ring (bicyclic) bond motifs is 1. The number of para-hydroxylation sites is 1. The summed E-state index contributed by atoms with van der Waals surface area (Å²) in [5.41, 5.74) is 4.54. The minimum atomic E-state index is 0.258. The van der Waals surface area contributed by atoms with Gasteiger partial charge in [0.2, 0.25) is 0 Å². The molecule has 1 aliphatic heterocycles. The molecular formula is C24H31N3O2. The average Bonchev–Trinajstić information content (AvgIpc) is 3.21. The first-order valence-electron chi connectivity index (χ1n) is 10.2. The molecule has 29 heavy (non-hydrogen) atoms. The highest BCUT2D eigenvalue weighted by atomic mass is 16.5. The Labute approximate surface area is 174 Å². The molecule has 154 valence electrons. The van der Waals surface area contributed by atoms with Crippen LogP contribution in [-0.4, -0.2) is 32.5 Å². The van der Waals surface area contributed by atoms with Gasteiger partial charge in [-0.1, -0.05) is 18.2 Å². The number of anilines is 1. The van der Waals surface area contributed by atoms with Crippen molar-refractivity contribution in [3.8, 4) is 11.8 Å². The van der Waals surface area contributed by atoms with E-state index in [4.69, 9.17) is 10.00 Å². The van der Waals surface area contributed by atoms with Crippen LogP contribution in [0.1, 0.15) is 47.7 Å². The van der Waals surface area contributed by atoms with Crippen molar-refractivity contribution in [2.24, 2.45) is 0 Å². The molecule has 0 atom stereocenters. The molecule has 1 heterocycles. The van der Waals surface area contributed by atoms with Crippen molar-refractivity contribution in [1.82, 2.24) is 5.32 Å². The van der Waals surface area contributed by atoms with E-state index in [0.29, 0.717) is 6.42 Å². The van der Waals surface area contributed by atoms with Crippen LogP contribution in [-0.2, 0) is 12.8 Å². The quantitative estimate of drug-likeness (QED) is 0.463. The Bertz CT molecular complexity index is 827. The molecule has 5 heteroatoms. The number of ether oxygens (including phenoxy) is 1. The molecule has 0 radical (unpaired) electrons. The van der Waals surface area contributed by atoms with Gasteiger partial charge in [0.05, 0.1) is 13.2 Å². The van der Waals surface area contributed by atoms with Crippen LogP contribution in [0, 0.1) is 11.3 Å². The van der Waals surface area contributed by atoms with Gasteiger partial charge < -0.3 is 15.4 Å². The molecule has 5 nitrogen and oxygen atoms in total. The second-order valence-corrected chi connectivity index (χ2v) is 6.96. The van der Waals surface area contributed by atoms with E-state index in [-0.39, 0.29) is 5.78 Å². The van der Waals surface area contributed by atoms with Crippen molar-refractivity contribution in [2.75, 3.05) is 32.1 Å². The fourth-order valence-corrected chi connectivity index (χ4v) is 3.42. The molecule has 0 fully saturated rings. The van der Waals surface area contributed by atoms with E-state index in [1.54, 1.807) is 13.2 Å². The van der Waals surface area contributed by atoms with Crippen LogP contribution in [0.4, 0.5) is 5.69 Å². The van der Waals surface area contributed by atoms with Crippen LogP contribution >= 0.6 is 0 Å². The van der Waals surface area contributed by atoms with Crippen molar-refractivity contribution in [1.29, 1.82) is 5.26 Å². The highest BCUT2D eigenvalue weighted by molar-refractivity contribution is 5.96. The Balaban J connectivity index is 0.000000941. The third-order valence-electron chi connectivity index (χ3n) is 4.91. The fourth-order valence-electron chi connectivity index (χ4n) is 3.42. The van der Waals surface area contributed by atoms with Crippen molar-refractivity contribution < 1.29 is 9.53 Å². The first-order chi connectivity index (χ1) is 14.2. The first-order valence-corrected chi connectivity index (χ1v) is 10.2. The lowest BCUT2D eigenvalue weighted by atomic mass is 10.0. The Morgan fingerprint density at radius 3 is 2.79 bits per heavy atom. The van der Waals surface area contributed by atoms with E-state index in [0.717, 1.165) is 56.6 Å². The minimum absolute atomic E-state index is 0.258. The molecule has 0 saturated carbocycles. The highest BCUT2D eigenvalue weighted by Gasteiger charge is 2.13. The maximum absolute atomic E-state index is 12.3. The number of carbonyl (C=O) groups excluding carboxylic acids is 1. The molecule has 0 spiro atoms. The van der Waals surface area contributed by atoms with E-state index < -0.39 is 0 Å². The summed E-state index contributed by atoms with van der Waals surface area (Å²) >= 11 is 0. The molecule has 0 bridgehead atoms. The number of Topliss-reactive ketones (excluding diaryl/α,β-unsaturated/α-hetero) is 1. The lowest BCUT2D eigenvalue weighted by Crippen LogP contribution is -2.19. The zero-order chi connectivity index (χ0) is 20.9. The monoisotopic (exact) mass is 393 g/mol. The molecular weight excluding hydrogens is 362 g/mol. The third-order valence-corrected chi connectivity index (χ3v) is 4.91. The molecule has 2 aromatic carbocycles. The van der Waals surface area contributed by atoms with Crippen LogP contribution in [0.5, 0.6) is 5.75 Å². The first kappa shape index (κ1) is 22.4. The Hall–Kier alpha value is -2.84. The summed E-state index contributed by atoms with van der Waals surface area (Å²) in [6.45, 7) is 4.27. The van der Waals surface area contributed by atoms with E-state index in [1.165, 1.54) is 23.7 Å². The number of unbranched alkanes of at least 4 members (excludes halogenated alkanes) is 1. The fraction of sp³-hybridized carbons (Fsp3) is 0.417. The lowest BCUT2D eigenvalue weighted by molar-refractivity contribution is 0.0979. The number of ketones is 1. The van der Waals surface area contributed by atoms with E-state index in [1.807, 2.05) is 30.3 Å². The molecule has 0 amide bonds. The summed E-state index contributed by atoms with van der Waals surface area (Å²) in [7, 11) is 1.71. The lowest BCUT2D eigenvalue weighted by Gasteiger charge is -2.09. The van der Waals surface area contributed by atoms with Gasteiger partial charge in [0.15, 0.2) is 5.78 Å². The molecule has 0 aromatic heterocycles. The highest BCUT2D eigenvalue weighted by Crippen LogP contribution is 2.23. The number of rotatable bonds is 10. The van der Waals surface area contributed by atoms with E-state index in [2.05, 4.69) is 22.8 Å². The average molecular weight is 394 g/mol. The van der Waals surface area contributed by atoms with Gasteiger partial charge in [0.1, 0.15) is 5.75 Å². The predicted molar refractivity (Wildman–Crippen MR) is 118 cm³/mol. The second-order valence-electron chi connectivity index (χ2n) is 6.96. The Morgan fingerprint density at radius 2 is 2.00 bits per heavy atom. The molecule has 0 saturated heterocycles. The summed E-state index contributed by atoms with van der Waals surface area (Å²) in [5.74, 6) is 1.21. The van der Waals surface area contributed by atoms with Gasteiger partial charge in [-0.25, -0.2) is 0 Å². The van der Waals surface area contributed by atoms with Crippen molar-refractivity contribution in [2.45, 2.75) is 39.0 Å². The molecule has 0 unspecified atom stereocenters. The van der Waals surface area contributed by atoms with Gasteiger partial charge in [0.25, 0.3) is 0 Å². The van der Waals surface area contributed by atoms with E-state index in [9.17, 15) is 4.79 Å². The number of benzene rings is 2. The summed E-state index contributed by atoms with van der Waals surface area (Å²) in [4.78, 5) is 12.3. The molecule has 0 aliphatic carbocycles. The number of nitriles is 1. The van der Waals surface area contributed by atoms with Crippen LogP contribution in [0.3, 0.4) is 0 Å². The van der Waals surface area contributed by atoms with Gasteiger partial charge in [-0.15, -0.1) is 0 Å². The minimum Gasteiger partial charge on any atom is -0.496 e. The standard InChI is InChI=1S/C22H28N2O2.C2H3N/c1-26-22-8-3-2-6-17(22)11-14-23-13-5-4-7-21(25)19-9-10-20-18(16-19)12-15-24-20;1-2-3/h2-3,6,8-10,16,23-24H,4-5,7,11-15H2,1H3;1H3. The zero-order valence-corrected chi connectivity index (χ0v) is 17.5. The Morgan fingerprint density at radius 1 is 1.21 bits per heavy atom. The zero-order valence-electron chi connectivity index (χ0n) is 17.5. The number of hydrogen-bond donors (Lipinski definition) is 2. The number of carbonyl (C=O) groups is 1. The maximum atomic E-state index is 12.3. The van der Waals surface area contributed by atoms with Crippen molar-refractivity contribution in [3.63, 3.8) is 0 Å². The smallest absolute Gasteiger partial charge is 0.162 e. The van der Waals surface area contributed by atoms with Crippen LogP contribution in [0.15, 0.2) is 42.5 Å². The van der Waals surface area contributed by atoms with Crippen LogP contribution < -0.4 is 15.4 Å². The van der Waals surface area contributed by atoms with Crippen molar-refractivity contribution >= 4 is 11.5 Å². The summed E-state index contributed by atoms with van der Waals surface area (Å²) in [6.07, 6.45) is 4.54. The summed E-state index contributed by atoms with van der Waals surface area (Å²) in [5, 5.41) is 14.1. The maximum Gasteiger partial charge on any atom is 0.162 e. The van der Waals surface area contributed by atoms with Gasteiger partial charge in [0, 0.05) is 31.1 Å². The van der Waals surface area contributed by atoms with Gasteiger partial charge in [-0.2, -0.15) is 5.26 Å². The topological polar surface area (TPSA) is 74.1 Å². The molecule has 2 aromatic rings. The number of hydrogen-bond acceptors (Lipinski definition) is 5. The van der Waals surface area contributed by atoms with Gasteiger partial charge in [-0.05, 0) is 74.2 Å². The number of methoxy groups -OCH3 is 1. The summed E-state index contributed by atoms with van der Waals surface area (Å²) in [6, 6.07) is 15.9. The number of nitrogens with one attached hydrogen (secondary N) is 2. The van der Waals surface area contributed by atoms with Crippen LogP contribution in [0.2, 0.25) is 0 Å². The Kier molecular flexibility index (Phi) is 9.74. The third kappa shape index (κ3) is 7.24. The van der Waals surface area contributed by atoms with Crippen LogP contribution in [0.25, 0.3) is 0 Å². The van der Waals surface area contributed by atoms with E-state index >= 15 is 0 Å². The van der Waals surface area contributed by atoms with Gasteiger partial charge >= 0.3 is 0 Å². The predicted octanol–water partition coefficient (Wildman–Crippen LogP) is 4.38. The molecule has 1 aliphatic rings.